The van der Waals surface area contributed by atoms with Gasteiger partial charge in [-0.25, -0.2) is 0 Å². The Morgan fingerprint density at radius 1 is 0.652 bits per heavy atom. The zero-order valence-corrected chi connectivity index (χ0v) is 13.4. The van der Waals surface area contributed by atoms with Crippen molar-refractivity contribution >= 4 is 17.1 Å². The van der Waals surface area contributed by atoms with Gasteiger partial charge in [-0.1, -0.05) is 43.3 Å². The highest BCUT2D eigenvalue weighted by Crippen LogP contribution is 2.34. The summed E-state index contributed by atoms with van der Waals surface area (Å²) in [5.74, 6) is 0.914. The van der Waals surface area contributed by atoms with E-state index in [1.807, 2.05) is 24.3 Å². The van der Waals surface area contributed by atoms with Crippen molar-refractivity contribution in [3.63, 3.8) is 0 Å². The Hall–Kier alpha value is -2.74. The molecule has 0 atom stereocenters. The lowest BCUT2D eigenvalue weighted by Gasteiger charge is -2.25. The second-order valence-corrected chi connectivity index (χ2v) is 5.35. The van der Waals surface area contributed by atoms with Gasteiger partial charge < -0.3 is 9.64 Å². The van der Waals surface area contributed by atoms with Crippen LogP contribution in [0, 0.1) is 0 Å². The van der Waals surface area contributed by atoms with E-state index in [0.717, 1.165) is 35.8 Å². The quantitative estimate of drug-likeness (QED) is 0.558. The van der Waals surface area contributed by atoms with Crippen molar-refractivity contribution in [1.29, 1.82) is 0 Å². The van der Waals surface area contributed by atoms with Gasteiger partial charge in [0.05, 0.1) is 6.61 Å². The van der Waals surface area contributed by atoms with Gasteiger partial charge in [0.25, 0.3) is 0 Å². The van der Waals surface area contributed by atoms with E-state index < -0.39 is 0 Å². The van der Waals surface area contributed by atoms with E-state index in [0.29, 0.717) is 0 Å². The third kappa shape index (κ3) is 3.72. The first-order valence-electron chi connectivity index (χ1n) is 8.01. The molecule has 0 N–H and O–H groups in total. The summed E-state index contributed by atoms with van der Waals surface area (Å²) in [5.41, 5.74) is 3.40. The summed E-state index contributed by atoms with van der Waals surface area (Å²) < 4.78 is 5.68. The van der Waals surface area contributed by atoms with Crippen molar-refractivity contribution in [3.05, 3.63) is 84.9 Å². The summed E-state index contributed by atoms with van der Waals surface area (Å²) in [5, 5.41) is 0. The monoisotopic (exact) mass is 303 g/mol. The number of anilines is 3. The van der Waals surface area contributed by atoms with Crippen LogP contribution in [0.4, 0.5) is 17.1 Å². The fourth-order valence-electron chi connectivity index (χ4n) is 2.51. The Labute approximate surface area is 138 Å². The topological polar surface area (TPSA) is 12.5 Å². The Morgan fingerprint density at radius 2 is 1.13 bits per heavy atom. The molecule has 0 aromatic heterocycles. The molecular formula is C21H21NO. The van der Waals surface area contributed by atoms with Gasteiger partial charge in [-0.15, -0.1) is 0 Å². The molecule has 0 bridgehead atoms. The molecule has 0 aliphatic carbocycles. The van der Waals surface area contributed by atoms with Crippen molar-refractivity contribution < 1.29 is 4.74 Å². The van der Waals surface area contributed by atoms with Gasteiger partial charge in [0.1, 0.15) is 5.75 Å². The normalized spacial score (nSPS) is 10.3. The molecule has 23 heavy (non-hydrogen) atoms. The summed E-state index contributed by atoms with van der Waals surface area (Å²) in [7, 11) is 0. The van der Waals surface area contributed by atoms with Crippen LogP contribution in [0.25, 0.3) is 0 Å². The first-order valence-corrected chi connectivity index (χ1v) is 8.01. The van der Waals surface area contributed by atoms with Crippen LogP contribution in [0.3, 0.4) is 0 Å². The van der Waals surface area contributed by atoms with Crippen molar-refractivity contribution in [2.45, 2.75) is 13.3 Å². The highest BCUT2D eigenvalue weighted by molar-refractivity contribution is 5.76. The number of hydrogen-bond acceptors (Lipinski definition) is 2. The third-order valence-electron chi connectivity index (χ3n) is 3.60. The van der Waals surface area contributed by atoms with E-state index in [2.05, 4.69) is 72.5 Å². The van der Waals surface area contributed by atoms with Crippen LogP contribution in [0.5, 0.6) is 5.75 Å². The molecule has 0 amide bonds. The first kappa shape index (κ1) is 15.2. The maximum Gasteiger partial charge on any atom is 0.119 e. The molecule has 0 saturated heterocycles. The van der Waals surface area contributed by atoms with Gasteiger partial charge in [-0.2, -0.15) is 0 Å². The van der Waals surface area contributed by atoms with Gasteiger partial charge in [0.2, 0.25) is 0 Å². The van der Waals surface area contributed by atoms with Crippen LogP contribution >= 0.6 is 0 Å². The standard InChI is InChI=1S/C21H21NO/c1-2-17-23-21-15-13-20(14-16-21)22(18-9-5-3-6-10-18)19-11-7-4-8-12-19/h3-16H,2,17H2,1H3. The molecule has 3 rings (SSSR count). The van der Waals surface area contributed by atoms with Crippen LogP contribution in [0.1, 0.15) is 13.3 Å². The molecule has 3 aromatic rings. The Kier molecular flexibility index (Phi) is 4.95. The van der Waals surface area contributed by atoms with Crippen LogP contribution in [0.15, 0.2) is 84.9 Å². The molecule has 0 unspecified atom stereocenters. The minimum Gasteiger partial charge on any atom is -0.494 e. The van der Waals surface area contributed by atoms with E-state index in [-0.39, 0.29) is 0 Å². The van der Waals surface area contributed by atoms with Gasteiger partial charge in [0, 0.05) is 17.1 Å². The molecule has 2 heteroatoms. The summed E-state index contributed by atoms with van der Waals surface area (Å²) in [6.45, 7) is 2.86. The predicted octanol–water partition coefficient (Wildman–Crippen LogP) is 5.95. The largest absolute Gasteiger partial charge is 0.494 e. The highest BCUT2D eigenvalue weighted by Gasteiger charge is 2.11. The Morgan fingerprint density at radius 3 is 1.61 bits per heavy atom. The fourth-order valence-corrected chi connectivity index (χ4v) is 2.51. The maximum absolute atomic E-state index is 5.68. The summed E-state index contributed by atoms with van der Waals surface area (Å²) in [6, 6.07) is 29.1. The van der Waals surface area contributed by atoms with E-state index in [1.165, 1.54) is 0 Å². The molecule has 0 heterocycles. The van der Waals surface area contributed by atoms with Gasteiger partial charge in [0.15, 0.2) is 0 Å². The van der Waals surface area contributed by atoms with Gasteiger partial charge in [-0.3, -0.25) is 0 Å². The second-order valence-electron chi connectivity index (χ2n) is 5.35. The van der Waals surface area contributed by atoms with Crippen LogP contribution < -0.4 is 9.64 Å². The number of ether oxygens (including phenoxy) is 1. The molecule has 3 aromatic carbocycles. The van der Waals surface area contributed by atoms with Crippen LogP contribution in [0.2, 0.25) is 0 Å². The molecule has 0 radical (unpaired) electrons. The maximum atomic E-state index is 5.68. The molecule has 0 fully saturated rings. The average Bonchev–Trinajstić information content (AvgIpc) is 2.63. The highest BCUT2D eigenvalue weighted by atomic mass is 16.5. The smallest absolute Gasteiger partial charge is 0.119 e. The lowest BCUT2D eigenvalue weighted by atomic mass is 10.2. The molecular weight excluding hydrogens is 282 g/mol. The number of para-hydroxylation sites is 2. The van der Waals surface area contributed by atoms with Crippen LogP contribution in [-0.4, -0.2) is 6.61 Å². The van der Waals surface area contributed by atoms with E-state index in [4.69, 9.17) is 4.74 Å². The molecule has 2 nitrogen and oxygen atoms in total. The lowest BCUT2D eigenvalue weighted by Crippen LogP contribution is -2.09. The van der Waals surface area contributed by atoms with Gasteiger partial charge in [-0.05, 0) is 55.0 Å². The van der Waals surface area contributed by atoms with Crippen molar-refractivity contribution in [2.75, 3.05) is 11.5 Å². The Balaban J connectivity index is 1.96. The number of benzene rings is 3. The molecule has 0 saturated carbocycles. The minimum absolute atomic E-state index is 0.750. The number of nitrogens with zero attached hydrogens (tertiary/aromatic N) is 1. The van der Waals surface area contributed by atoms with E-state index >= 15 is 0 Å². The first-order chi connectivity index (χ1) is 11.4. The average molecular weight is 303 g/mol. The van der Waals surface area contributed by atoms with Crippen molar-refractivity contribution in [1.82, 2.24) is 0 Å². The molecule has 0 aliphatic heterocycles. The Bertz CT molecular complexity index is 668. The number of hydrogen-bond donors (Lipinski definition) is 0. The second kappa shape index (κ2) is 7.50. The predicted molar refractivity (Wildman–Crippen MR) is 96.9 cm³/mol. The third-order valence-corrected chi connectivity index (χ3v) is 3.60. The SMILES string of the molecule is CCCOc1ccc(N(c2ccccc2)c2ccccc2)cc1. The zero-order valence-electron chi connectivity index (χ0n) is 13.4. The minimum atomic E-state index is 0.750. The summed E-state index contributed by atoms with van der Waals surface area (Å²) >= 11 is 0. The fraction of sp³-hybridized carbons (Fsp3) is 0.143. The van der Waals surface area contributed by atoms with E-state index in [9.17, 15) is 0 Å². The number of rotatable bonds is 6. The van der Waals surface area contributed by atoms with E-state index in [1.54, 1.807) is 0 Å². The van der Waals surface area contributed by atoms with Crippen molar-refractivity contribution in [2.24, 2.45) is 0 Å². The van der Waals surface area contributed by atoms with Gasteiger partial charge >= 0.3 is 0 Å². The van der Waals surface area contributed by atoms with Crippen molar-refractivity contribution in [3.8, 4) is 5.75 Å². The summed E-state index contributed by atoms with van der Waals surface area (Å²) in [4.78, 5) is 2.24. The zero-order chi connectivity index (χ0) is 15.9. The molecule has 0 aliphatic rings. The lowest BCUT2D eigenvalue weighted by molar-refractivity contribution is 0.317. The van der Waals surface area contributed by atoms with Crippen LogP contribution in [-0.2, 0) is 0 Å². The molecule has 116 valence electrons. The summed E-state index contributed by atoms with van der Waals surface area (Å²) in [6.07, 6.45) is 1.02. The molecule has 0 spiro atoms.